The summed E-state index contributed by atoms with van der Waals surface area (Å²) in [7, 11) is -3.78. The molecule has 0 radical (unpaired) electrons. The zero-order valence-electron chi connectivity index (χ0n) is 11.2. The van der Waals surface area contributed by atoms with Crippen LogP contribution in [0, 0.1) is 5.82 Å². The van der Waals surface area contributed by atoms with Crippen LogP contribution in [-0.2, 0) is 16.6 Å². The number of benzene rings is 1. The van der Waals surface area contributed by atoms with Gasteiger partial charge in [0.2, 0.25) is 0 Å². The molecule has 2 rings (SSSR count). The highest BCUT2D eigenvalue weighted by Gasteiger charge is 2.18. The van der Waals surface area contributed by atoms with Crippen molar-refractivity contribution >= 4 is 38.6 Å². The quantitative estimate of drug-likeness (QED) is 0.840. The minimum absolute atomic E-state index is 0.0242. The molecule has 0 spiro atoms. The second-order valence-electron chi connectivity index (χ2n) is 4.26. The number of hydrogen-bond acceptors (Lipinski definition) is 4. The maximum atomic E-state index is 13.2. The van der Waals surface area contributed by atoms with E-state index in [4.69, 9.17) is 11.6 Å². The highest BCUT2D eigenvalue weighted by Crippen LogP contribution is 2.27. The lowest BCUT2D eigenvalue weighted by Gasteiger charge is -2.08. The molecule has 1 heterocycles. The lowest BCUT2D eigenvalue weighted by molar-refractivity contribution is 0.601. The Morgan fingerprint density at radius 2 is 2.10 bits per heavy atom. The van der Waals surface area contributed by atoms with E-state index in [1.165, 1.54) is 23.5 Å². The molecule has 0 amide bonds. The summed E-state index contributed by atoms with van der Waals surface area (Å²) in [6, 6.07) is 5.10. The van der Waals surface area contributed by atoms with Gasteiger partial charge in [-0.05, 0) is 30.8 Å². The maximum Gasteiger partial charge on any atom is 0.262 e. The Kier molecular flexibility index (Phi) is 5.21. The number of rotatable bonds is 6. The Morgan fingerprint density at radius 3 is 2.81 bits per heavy atom. The van der Waals surface area contributed by atoms with E-state index in [1.54, 1.807) is 11.4 Å². The van der Waals surface area contributed by atoms with E-state index in [9.17, 15) is 12.8 Å². The summed E-state index contributed by atoms with van der Waals surface area (Å²) >= 11 is 7.21. The zero-order valence-corrected chi connectivity index (χ0v) is 13.6. The first-order chi connectivity index (χ1) is 9.92. The van der Waals surface area contributed by atoms with Crippen LogP contribution in [0.25, 0.3) is 0 Å². The molecule has 0 fully saturated rings. The van der Waals surface area contributed by atoms with Crippen molar-refractivity contribution in [3.8, 4) is 0 Å². The number of halogens is 2. The van der Waals surface area contributed by atoms with Crippen LogP contribution in [0.4, 0.5) is 10.1 Å². The molecule has 4 nitrogen and oxygen atoms in total. The fraction of sp³-hybridized carbons (Fsp3) is 0.231. The van der Waals surface area contributed by atoms with Crippen molar-refractivity contribution in [2.24, 2.45) is 0 Å². The average molecular weight is 349 g/mol. The van der Waals surface area contributed by atoms with Crippen LogP contribution >= 0.6 is 22.9 Å². The largest absolute Gasteiger partial charge is 0.312 e. The first kappa shape index (κ1) is 16.2. The minimum atomic E-state index is -3.78. The Bertz CT molecular complexity index is 732. The molecule has 1 aromatic carbocycles. The van der Waals surface area contributed by atoms with Crippen molar-refractivity contribution in [1.29, 1.82) is 0 Å². The van der Waals surface area contributed by atoms with Gasteiger partial charge in [0.15, 0.2) is 0 Å². The van der Waals surface area contributed by atoms with Gasteiger partial charge in [-0.25, -0.2) is 12.8 Å². The predicted molar refractivity (Wildman–Crippen MR) is 83.9 cm³/mol. The standard InChI is InChI=1S/C13H14ClFN2O2S2/c1-2-16-7-10-6-11(8-20-10)21(18,19)17-13-5-9(15)3-4-12(13)14/h3-6,8,16-17H,2,7H2,1H3. The highest BCUT2D eigenvalue weighted by atomic mass is 35.5. The molecule has 0 bridgehead atoms. The fourth-order valence-electron chi connectivity index (χ4n) is 1.62. The zero-order chi connectivity index (χ0) is 15.5. The van der Waals surface area contributed by atoms with Gasteiger partial charge in [-0.3, -0.25) is 4.72 Å². The van der Waals surface area contributed by atoms with Gasteiger partial charge in [0.05, 0.1) is 15.6 Å². The van der Waals surface area contributed by atoms with Crippen molar-refractivity contribution in [2.45, 2.75) is 18.4 Å². The summed E-state index contributed by atoms with van der Waals surface area (Å²) in [4.78, 5) is 1.04. The molecule has 114 valence electrons. The molecule has 2 N–H and O–H groups in total. The number of thiophene rings is 1. The van der Waals surface area contributed by atoms with E-state index in [2.05, 4.69) is 10.0 Å². The van der Waals surface area contributed by atoms with E-state index in [-0.39, 0.29) is 15.6 Å². The number of sulfonamides is 1. The third-order valence-electron chi connectivity index (χ3n) is 2.66. The Labute approximate surface area is 132 Å². The molecule has 0 aliphatic heterocycles. The second kappa shape index (κ2) is 6.74. The SMILES string of the molecule is CCNCc1cc(S(=O)(=O)Nc2cc(F)ccc2Cl)cs1. The Balaban J connectivity index is 2.22. The molecule has 0 atom stereocenters. The minimum Gasteiger partial charge on any atom is -0.312 e. The molecule has 0 unspecified atom stereocenters. The van der Waals surface area contributed by atoms with Gasteiger partial charge in [-0.1, -0.05) is 18.5 Å². The monoisotopic (exact) mass is 348 g/mol. The van der Waals surface area contributed by atoms with E-state index in [1.807, 2.05) is 6.92 Å². The average Bonchev–Trinajstić information content (AvgIpc) is 2.90. The highest BCUT2D eigenvalue weighted by molar-refractivity contribution is 7.92. The first-order valence-corrected chi connectivity index (χ1v) is 8.92. The third-order valence-corrected chi connectivity index (χ3v) is 5.42. The van der Waals surface area contributed by atoms with Crippen LogP contribution in [0.5, 0.6) is 0 Å². The summed E-state index contributed by atoms with van der Waals surface area (Å²) in [6.45, 7) is 3.38. The summed E-state index contributed by atoms with van der Waals surface area (Å²) in [5.74, 6) is -0.560. The van der Waals surface area contributed by atoms with E-state index in [0.717, 1.165) is 17.5 Å². The third kappa shape index (κ3) is 4.16. The molecule has 0 aliphatic carbocycles. The topological polar surface area (TPSA) is 58.2 Å². The van der Waals surface area contributed by atoms with Gasteiger partial charge < -0.3 is 5.32 Å². The first-order valence-electron chi connectivity index (χ1n) is 6.18. The predicted octanol–water partition coefficient (Wildman–Crippen LogP) is 3.45. The van der Waals surface area contributed by atoms with Crippen LogP contribution in [0.3, 0.4) is 0 Å². The van der Waals surface area contributed by atoms with Crippen molar-refractivity contribution < 1.29 is 12.8 Å². The van der Waals surface area contributed by atoms with E-state index in [0.29, 0.717) is 6.54 Å². The molecule has 21 heavy (non-hydrogen) atoms. The lowest BCUT2D eigenvalue weighted by Crippen LogP contribution is -2.13. The second-order valence-corrected chi connectivity index (χ2v) is 7.34. The molecular weight excluding hydrogens is 335 g/mol. The van der Waals surface area contributed by atoms with E-state index < -0.39 is 15.8 Å². The van der Waals surface area contributed by atoms with Crippen molar-refractivity contribution in [2.75, 3.05) is 11.3 Å². The van der Waals surface area contributed by atoms with Gasteiger partial charge in [0, 0.05) is 16.8 Å². The molecule has 2 aromatic rings. The molecule has 0 aliphatic rings. The summed E-state index contributed by atoms with van der Waals surface area (Å²) < 4.78 is 40.0. The molecule has 0 saturated carbocycles. The van der Waals surface area contributed by atoms with Crippen molar-refractivity contribution in [3.05, 3.63) is 45.4 Å². The number of hydrogen-bond donors (Lipinski definition) is 2. The van der Waals surface area contributed by atoms with Crippen LogP contribution in [0.15, 0.2) is 34.5 Å². The smallest absolute Gasteiger partial charge is 0.262 e. The summed E-state index contributed by atoms with van der Waals surface area (Å²) in [5, 5.41) is 4.81. The molecule has 0 saturated heterocycles. The number of nitrogens with one attached hydrogen (secondary N) is 2. The van der Waals surface area contributed by atoms with Crippen molar-refractivity contribution in [1.82, 2.24) is 5.32 Å². The summed E-state index contributed by atoms with van der Waals surface area (Å²) in [5.41, 5.74) is 0.0242. The van der Waals surface area contributed by atoms with Crippen LogP contribution in [0.1, 0.15) is 11.8 Å². The van der Waals surface area contributed by atoms with Crippen LogP contribution in [0.2, 0.25) is 5.02 Å². The van der Waals surface area contributed by atoms with Gasteiger partial charge in [-0.15, -0.1) is 11.3 Å². The Hall–Kier alpha value is -1.15. The van der Waals surface area contributed by atoms with Gasteiger partial charge >= 0.3 is 0 Å². The maximum absolute atomic E-state index is 13.2. The fourth-order valence-corrected chi connectivity index (χ4v) is 4.16. The van der Waals surface area contributed by atoms with E-state index >= 15 is 0 Å². The van der Waals surface area contributed by atoms with Crippen molar-refractivity contribution in [3.63, 3.8) is 0 Å². The lowest BCUT2D eigenvalue weighted by atomic mass is 10.3. The molecular formula is C13H14ClFN2O2S2. The van der Waals surface area contributed by atoms with Gasteiger partial charge in [-0.2, -0.15) is 0 Å². The molecule has 8 heteroatoms. The van der Waals surface area contributed by atoms with Crippen LogP contribution < -0.4 is 10.0 Å². The summed E-state index contributed by atoms with van der Waals surface area (Å²) in [6.07, 6.45) is 0. The van der Waals surface area contributed by atoms with Gasteiger partial charge in [0.25, 0.3) is 10.0 Å². The normalized spacial score (nSPS) is 11.6. The Morgan fingerprint density at radius 1 is 1.33 bits per heavy atom. The molecule has 1 aromatic heterocycles. The van der Waals surface area contributed by atoms with Gasteiger partial charge in [0.1, 0.15) is 5.82 Å². The van der Waals surface area contributed by atoms with Crippen LogP contribution in [-0.4, -0.2) is 15.0 Å². The number of anilines is 1.